The third-order valence-corrected chi connectivity index (χ3v) is 6.72. The lowest BCUT2D eigenvalue weighted by Crippen LogP contribution is -2.55. The summed E-state index contributed by atoms with van der Waals surface area (Å²) in [6.07, 6.45) is 4.81. The highest BCUT2D eigenvalue weighted by Crippen LogP contribution is 2.19. The van der Waals surface area contributed by atoms with Crippen LogP contribution in [0.25, 0.3) is 0 Å². The molecule has 0 spiro atoms. The summed E-state index contributed by atoms with van der Waals surface area (Å²) in [6.45, 7) is 7.26. The maximum absolute atomic E-state index is 13.5. The predicted octanol–water partition coefficient (Wildman–Crippen LogP) is 3.15. The van der Waals surface area contributed by atoms with E-state index < -0.39 is 47.8 Å². The van der Waals surface area contributed by atoms with Crippen LogP contribution in [-0.2, 0) is 30.3 Å². The molecule has 0 fully saturated rings. The van der Waals surface area contributed by atoms with E-state index in [1.165, 1.54) is 4.90 Å². The molecule has 4 atom stereocenters. The van der Waals surface area contributed by atoms with Gasteiger partial charge in [-0.25, -0.2) is 4.79 Å². The molecule has 1 aromatic carbocycles. The number of ketones is 1. The molecule has 2 rings (SSSR count). The van der Waals surface area contributed by atoms with E-state index in [0.717, 1.165) is 5.56 Å². The number of alkyl carbamates (subject to hydrolysis) is 1. The molecule has 1 heterocycles. The van der Waals surface area contributed by atoms with Crippen molar-refractivity contribution in [1.29, 1.82) is 0 Å². The second-order valence-electron chi connectivity index (χ2n) is 11.5. The molecular weight excluding hydrogens is 524 g/mol. The van der Waals surface area contributed by atoms with Crippen molar-refractivity contribution in [2.75, 3.05) is 14.1 Å². The smallest absolute Gasteiger partial charge is 0.408 e. The van der Waals surface area contributed by atoms with E-state index in [1.807, 2.05) is 56.3 Å². The van der Waals surface area contributed by atoms with Crippen LogP contribution >= 0.6 is 0 Å². The Morgan fingerprint density at radius 3 is 2.32 bits per heavy atom. The molecule has 1 aliphatic rings. The molecule has 0 aromatic heterocycles. The molecule has 41 heavy (non-hydrogen) atoms. The van der Waals surface area contributed by atoms with Crippen LogP contribution in [0.1, 0.15) is 65.4 Å². The van der Waals surface area contributed by atoms with E-state index in [9.17, 15) is 24.0 Å². The Morgan fingerprint density at radius 2 is 1.71 bits per heavy atom. The number of hydrogen-bond acceptors (Lipinski definition) is 6. The van der Waals surface area contributed by atoms with E-state index in [-0.39, 0.29) is 30.7 Å². The average molecular weight is 571 g/mol. The first-order valence-corrected chi connectivity index (χ1v) is 14.4. The van der Waals surface area contributed by atoms with Crippen LogP contribution in [0, 0.1) is 11.8 Å². The minimum absolute atomic E-state index is 0.0268. The number of rotatable bonds is 8. The number of cyclic esters (lactones) is 1. The summed E-state index contributed by atoms with van der Waals surface area (Å²) in [5.41, 5.74) is 1.02. The topological polar surface area (TPSA) is 134 Å². The molecule has 0 bridgehead atoms. The van der Waals surface area contributed by atoms with Gasteiger partial charge in [0.25, 0.3) is 5.91 Å². The van der Waals surface area contributed by atoms with Crippen LogP contribution in [0.15, 0.2) is 42.5 Å². The van der Waals surface area contributed by atoms with Gasteiger partial charge in [0.05, 0.1) is 6.04 Å². The summed E-state index contributed by atoms with van der Waals surface area (Å²) in [7, 11) is 3.25. The Labute approximate surface area is 243 Å². The summed E-state index contributed by atoms with van der Waals surface area (Å²) in [6, 6.07) is 7.14. The highest BCUT2D eigenvalue weighted by atomic mass is 16.6. The highest BCUT2D eigenvalue weighted by Gasteiger charge is 2.35. The molecule has 3 N–H and O–H groups in total. The van der Waals surface area contributed by atoms with Crippen LogP contribution < -0.4 is 16.0 Å². The van der Waals surface area contributed by atoms with Crippen molar-refractivity contribution < 1.29 is 28.7 Å². The summed E-state index contributed by atoms with van der Waals surface area (Å²) in [5, 5.41) is 7.93. The van der Waals surface area contributed by atoms with Crippen molar-refractivity contribution in [2.45, 2.75) is 90.4 Å². The summed E-state index contributed by atoms with van der Waals surface area (Å²) < 4.78 is 5.78. The fourth-order valence-electron chi connectivity index (χ4n) is 4.71. The van der Waals surface area contributed by atoms with Gasteiger partial charge in [-0.2, -0.15) is 0 Å². The molecule has 4 amide bonds. The van der Waals surface area contributed by atoms with Crippen LogP contribution in [-0.4, -0.2) is 72.8 Å². The zero-order valence-corrected chi connectivity index (χ0v) is 25.1. The molecule has 0 radical (unpaired) electrons. The summed E-state index contributed by atoms with van der Waals surface area (Å²) in [4.78, 5) is 67.0. The fourth-order valence-corrected chi connectivity index (χ4v) is 4.71. The maximum atomic E-state index is 13.5. The second kappa shape index (κ2) is 16.5. The molecule has 1 aromatic rings. The number of nitrogens with zero attached hydrogens (tertiary/aromatic N) is 1. The van der Waals surface area contributed by atoms with Crippen molar-refractivity contribution in [2.24, 2.45) is 11.8 Å². The first kappa shape index (κ1) is 33.5. The zero-order valence-electron chi connectivity index (χ0n) is 25.1. The predicted molar refractivity (Wildman–Crippen MR) is 157 cm³/mol. The van der Waals surface area contributed by atoms with Gasteiger partial charge >= 0.3 is 6.09 Å². The SMILES string of the molecule is CC(C)C[C@@H]1NC(=O)OC(Cc2ccccc2)CCC=CCC(C(=O)N(C)C)C[C@@H](C(=O)C(=O)NC(C)C)NC1=O. The van der Waals surface area contributed by atoms with Gasteiger partial charge in [0.2, 0.25) is 17.6 Å². The summed E-state index contributed by atoms with van der Waals surface area (Å²) >= 11 is 0. The van der Waals surface area contributed by atoms with Gasteiger partial charge in [-0.3, -0.25) is 19.2 Å². The second-order valence-corrected chi connectivity index (χ2v) is 11.5. The van der Waals surface area contributed by atoms with Gasteiger partial charge < -0.3 is 25.6 Å². The minimum Gasteiger partial charge on any atom is -0.446 e. The Kier molecular flexibility index (Phi) is 13.5. The number of carbonyl (C=O) groups excluding carboxylic acids is 5. The minimum atomic E-state index is -1.26. The van der Waals surface area contributed by atoms with Crippen LogP contribution in [0.4, 0.5) is 4.79 Å². The van der Waals surface area contributed by atoms with E-state index in [4.69, 9.17) is 4.74 Å². The third kappa shape index (κ3) is 11.8. The number of carbonyl (C=O) groups is 5. The number of benzene rings is 1. The molecule has 10 heteroatoms. The highest BCUT2D eigenvalue weighted by molar-refractivity contribution is 6.38. The molecule has 0 aliphatic carbocycles. The van der Waals surface area contributed by atoms with Crippen LogP contribution in [0.2, 0.25) is 0 Å². The Bertz CT molecular complexity index is 1070. The lowest BCUT2D eigenvalue weighted by Gasteiger charge is -2.27. The lowest BCUT2D eigenvalue weighted by molar-refractivity contribution is -0.142. The van der Waals surface area contributed by atoms with Crippen molar-refractivity contribution in [3.05, 3.63) is 48.0 Å². The molecule has 226 valence electrons. The number of nitrogens with one attached hydrogen (secondary N) is 3. The Balaban J connectivity index is 2.42. The van der Waals surface area contributed by atoms with Gasteiger partial charge in [-0.1, -0.05) is 56.3 Å². The van der Waals surface area contributed by atoms with Gasteiger partial charge in [-0.15, -0.1) is 0 Å². The molecule has 0 saturated carbocycles. The number of Topliss-reactive ketones (excluding diaryl/α,β-unsaturated/α-hetero) is 1. The maximum Gasteiger partial charge on any atom is 0.408 e. The molecule has 1 aliphatic heterocycles. The molecule has 0 saturated heterocycles. The van der Waals surface area contributed by atoms with E-state index in [1.54, 1.807) is 27.9 Å². The zero-order chi connectivity index (χ0) is 30.5. The van der Waals surface area contributed by atoms with E-state index in [0.29, 0.717) is 25.7 Å². The van der Waals surface area contributed by atoms with Crippen LogP contribution in [0.5, 0.6) is 0 Å². The first-order chi connectivity index (χ1) is 19.4. The standard InChI is InChI=1S/C31H46N4O6/c1-20(2)17-26-28(37)33-25(27(36)29(38)32-21(3)4)19-23(30(39)35(5)6)15-11-8-12-16-24(41-31(40)34-26)18-22-13-9-7-10-14-22/h7-11,13-14,20-21,23-26H,12,15-19H2,1-6H3,(H,32,38)(H,33,37)(H,34,40)/t23?,24?,25-,26-/m0/s1. The van der Waals surface area contributed by atoms with Crippen LogP contribution in [0.3, 0.4) is 0 Å². The lowest BCUT2D eigenvalue weighted by atomic mass is 9.91. The quantitative estimate of drug-likeness (QED) is 0.325. The number of amides is 4. The van der Waals surface area contributed by atoms with E-state index in [2.05, 4.69) is 16.0 Å². The number of allylic oxidation sites excluding steroid dienone is 2. The molecule has 2 unspecified atom stereocenters. The third-order valence-electron chi connectivity index (χ3n) is 6.72. The number of hydrogen-bond donors (Lipinski definition) is 3. The van der Waals surface area contributed by atoms with Gasteiger partial charge in [0.1, 0.15) is 12.1 Å². The van der Waals surface area contributed by atoms with Gasteiger partial charge in [0, 0.05) is 32.5 Å². The van der Waals surface area contributed by atoms with Gasteiger partial charge in [0.15, 0.2) is 0 Å². The first-order valence-electron chi connectivity index (χ1n) is 14.4. The van der Waals surface area contributed by atoms with Crippen molar-refractivity contribution in [1.82, 2.24) is 20.9 Å². The van der Waals surface area contributed by atoms with Crippen molar-refractivity contribution >= 4 is 29.6 Å². The van der Waals surface area contributed by atoms with Gasteiger partial charge in [-0.05, 0) is 57.4 Å². The average Bonchev–Trinajstić information content (AvgIpc) is 2.89. The number of ether oxygens (including phenoxy) is 1. The summed E-state index contributed by atoms with van der Waals surface area (Å²) in [5.74, 6) is -3.14. The monoisotopic (exact) mass is 570 g/mol. The Morgan fingerprint density at radius 1 is 1.02 bits per heavy atom. The largest absolute Gasteiger partial charge is 0.446 e. The van der Waals surface area contributed by atoms with Crippen molar-refractivity contribution in [3.8, 4) is 0 Å². The molecular formula is C31H46N4O6. The normalized spacial score (nSPS) is 22.5. The Hall–Kier alpha value is -3.69. The fraction of sp³-hybridized carbons (Fsp3) is 0.581. The van der Waals surface area contributed by atoms with E-state index >= 15 is 0 Å². The van der Waals surface area contributed by atoms with Crippen molar-refractivity contribution in [3.63, 3.8) is 0 Å². The molecule has 10 nitrogen and oxygen atoms in total.